The molecule has 2 aromatic carbocycles. The summed E-state index contributed by atoms with van der Waals surface area (Å²) in [6, 6.07) is 12.6. The van der Waals surface area contributed by atoms with Crippen LogP contribution in [0.5, 0.6) is 0 Å². The lowest BCUT2D eigenvalue weighted by molar-refractivity contribution is -0.385. The Bertz CT molecular complexity index is 923. The fourth-order valence-corrected chi connectivity index (χ4v) is 4.49. The number of benzene rings is 2. The van der Waals surface area contributed by atoms with Crippen LogP contribution in [0.1, 0.15) is 61.4 Å². The Balaban J connectivity index is 1.75. The predicted octanol–water partition coefficient (Wildman–Crippen LogP) is 6.03. The van der Waals surface area contributed by atoms with Gasteiger partial charge in [-0.25, -0.2) is 0 Å². The summed E-state index contributed by atoms with van der Waals surface area (Å²) >= 11 is 0. The van der Waals surface area contributed by atoms with Crippen molar-refractivity contribution in [2.75, 3.05) is 5.32 Å². The lowest BCUT2D eigenvalue weighted by Crippen LogP contribution is -2.29. The lowest BCUT2D eigenvalue weighted by atomic mass is 9.75. The normalized spacial score (nSPS) is 23.5. The van der Waals surface area contributed by atoms with Crippen molar-refractivity contribution in [3.63, 3.8) is 0 Å². The van der Waals surface area contributed by atoms with Gasteiger partial charge in [0.15, 0.2) is 0 Å². The average Bonchev–Trinajstić information content (AvgIpc) is 3.10. The van der Waals surface area contributed by atoms with Crippen LogP contribution >= 0.6 is 0 Å². The van der Waals surface area contributed by atoms with Gasteiger partial charge in [0.1, 0.15) is 0 Å². The van der Waals surface area contributed by atoms with Gasteiger partial charge in [-0.1, -0.05) is 57.2 Å². The number of aryl methyl sites for hydroxylation is 1. The molecule has 0 saturated heterocycles. The smallest absolute Gasteiger partial charge is 0.270 e. The molecule has 0 saturated carbocycles. The van der Waals surface area contributed by atoms with Gasteiger partial charge in [0.05, 0.1) is 11.0 Å². The highest BCUT2D eigenvalue weighted by molar-refractivity contribution is 5.67. The van der Waals surface area contributed by atoms with E-state index in [0.717, 1.165) is 23.2 Å². The lowest BCUT2D eigenvalue weighted by Gasteiger charge is -2.38. The van der Waals surface area contributed by atoms with Crippen molar-refractivity contribution in [2.24, 2.45) is 5.92 Å². The third-order valence-corrected chi connectivity index (χ3v) is 6.00. The van der Waals surface area contributed by atoms with Crippen LogP contribution in [-0.2, 0) is 5.41 Å². The van der Waals surface area contributed by atoms with Gasteiger partial charge >= 0.3 is 0 Å². The molecule has 0 fully saturated rings. The Hall–Kier alpha value is -2.62. The van der Waals surface area contributed by atoms with Gasteiger partial charge < -0.3 is 5.32 Å². The van der Waals surface area contributed by atoms with E-state index in [4.69, 9.17) is 0 Å². The molecule has 0 spiro atoms. The van der Waals surface area contributed by atoms with Crippen LogP contribution in [0.3, 0.4) is 0 Å². The molecule has 4 heteroatoms. The van der Waals surface area contributed by atoms with E-state index in [2.05, 4.69) is 62.5 Å². The molecule has 3 atom stereocenters. The van der Waals surface area contributed by atoms with E-state index < -0.39 is 0 Å². The first-order valence-electron chi connectivity index (χ1n) is 9.58. The summed E-state index contributed by atoms with van der Waals surface area (Å²) in [6.07, 6.45) is 5.44. The highest BCUT2D eigenvalue weighted by atomic mass is 16.6. The van der Waals surface area contributed by atoms with E-state index >= 15 is 0 Å². The Morgan fingerprint density at radius 3 is 2.48 bits per heavy atom. The second kappa shape index (κ2) is 6.22. The molecule has 1 aliphatic heterocycles. The molecule has 0 amide bonds. The Kier molecular flexibility index (Phi) is 4.10. The fraction of sp³-hybridized carbons (Fsp3) is 0.391. The van der Waals surface area contributed by atoms with Crippen molar-refractivity contribution >= 4 is 11.4 Å². The maximum absolute atomic E-state index is 11.3. The third kappa shape index (κ3) is 3.03. The first kappa shape index (κ1) is 17.8. The molecule has 1 N–H and O–H groups in total. The number of anilines is 1. The molecule has 140 valence electrons. The summed E-state index contributed by atoms with van der Waals surface area (Å²) in [5, 5.41) is 15.0. The van der Waals surface area contributed by atoms with Crippen LogP contribution in [0, 0.1) is 23.0 Å². The van der Waals surface area contributed by atoms with Gasteiger partial charge in [-0.15, -0.1) is 0 Å². The zero-order chi connectivity index (χ0) is 19.3. The number of hydrogen-bond acceptors (Lipinski definition) is 3. The summed E-state index contributed by atoms with van der Waals surface area (Å²) in [4.78, 5) is 11.0. The van der Waals surface area contributed by atoms with E-state index in [0.29, 0.717) is 5.92 Å². The van der Waals surface area contributed by atoms with Gasteiger partial charge in [0.2, 0.25) is 0 Å². The zero-order valence-electron chi connectivity index (χ0n) is 16.3. The molecule has 2 aliphatic rings. The molecular weight excluding hydrogens is 336 g/mol. The molecule has 2 aromatic rings. The van der Waals surface area contributed by atoms with Crippen LogP contribution in [0.2, 0.25) is 0 Å². The maximum Gasteiger partial charge on any atom is 0.270 e. The van der Waals surface area contributed by atoms with Crippen LogP contribution in [0.4, 0.5) is 11.4 Å². The summed E-state index contributed by atoms with van der Waals surface area (Å²) in [6.45, 7) is 8.64. The molecule has 4 rings (SSSR count). The van der Waals surface area contributed by atoms with Gasteiger partial charge in [-0.05, 0) is 46.9 Å². The quantitative estimate of drug-likeness (QED) is 0.403. The molecule has 4 nitrogen and oxygen atoms in total. The van der Waals surface area contributed by atoms with Crippen LogP contribution in [0.25, 0.3) is 0 Å². The van der Waals surface area contributed by atoms with E-state index in [-0.39, 0.29) is 28.0 Å². The highest BCUT2D eigenvalue weighted by Crippen LogP contribution is 2.51. The Labute approximate surface area is 160 Å². The average molecular weight is 362 g/mol. The van der Waals surface area contributed by atoms with Crippen molar-refractivity contribution in [1.82, 2.24) is 0 Å². The largest absolute Gasteiger partial charge is 0.377 e. The van der Waals surface area contributed by atoms with Crippen molar-refractivity contribution < 1.29 is 4.92 Å². The van der Waals surface area contributed by atoms with Gasteiger partial charge in [-0.2, -0.15) is 0 Å². The Morgan fingerprint density at radius 1 is 1.15 bits per heavy atom. The van der Waals surface area contributed by atoms with Crippen molar-refractivity contribution in [2.45, 2.75) is 51.5 Å². The van der Waals surface area contributed by atoms with Crippen molar-refractivity contribution in [1.29, 1.82) is 0 Å². The number of nitrogens with zero attached hydrogens (tertiary/aromatic N) is 1. The minimum Gasteiger partial charge on any atom is -0.377 e. The van der Waals surface area contributed by atoms with Gasteiger partial charge in [0, 0.05) is 23.7 Å². The van der Waals surface area contributed by atoms with Crippen molar-refractivity contribution in [3.8, 4) is 0 Å². The number of hydrogen-bond donors (Lipinski definition) is 1. The maximum atomic E-state index is 11.3. The second-order valence-corrected chi connectivity index (χ2v) is 8.83. The molecule has 0 aromatic heterocycles. The molecule has 0 radical (unpaired) electrons. The minimum absolute atomic E-state index is 0.137. The molecule has 0 unspecified atom stereocenters. The molecule has 1 heterocycles. The topological polar surface area (TPSA) is 55.2 Å². The monoisotopic (exact) mass is 362 g/mol. The highest BCUT2D eigenvalue weighted by Gasteiger charge is 2.39. The summed E-state index contributed by atoms with van der Waals surface area (Å²) in [5.74, 6) is 0.617. The number of non-ortho nitro benzene ring substituents is 1. The van der Waals surface area contributed by atoms with Crippen LogP contribution in [-0.4, -0.2) is 4.92 Å². The number of allylic oxidation sites excluding steroid dienone is 2. The zero-order valence-corrected chi connectivity index (χ0v) is 16.3. The predicted molar refractivity (Wildman–Crippen MR) is 109 cm³/mol. The first-order chi connectivity index (χ1) is 12.8. The summed E-state index contributed by atoms with van der Waals surface area (Å²) in [7, 11) is 0. The van der Waals surface area contributed by atoms with E-state index in [1.54, 1.807) is 12.1 Å². The number of nitrogens with one attached hydrogen (secondary N) is 1. The van der Waals surface area contributed by atoms with Crippen molar-refractivity contribution in [3.05, 3.63) is 80.9 Å². The standard InChI is InChI=1S/C23H26N2O2/c1-14-12-17(25(26)27)13-20-18-6-5-7-19(18)22(24-21(14)20)15-8-10-16(11-9-15)23(2,3)4/h5-6,8-13,18-19,22,24H,7H2,1-4H3/t18-,19+,22+/m0/s1. The summed E-state index contributed by atoms with van der Waals surface area (Å²) < 4.78 is 0. The second-order valence-electron chi connectivity index (χ2n) is 8.83. The van der Waals surface area contributed by atoms with Crippen LogP contribution in [0.15, 0.2) is 48.6 Å². The number of rotatable bonds is 2. The van der Waals surface area contributed by atoms with E-state index in [1.807, 2.05) is 6.92 Å². The van der Waals surface area contributed by atoms with E-state index in [1.165, 1.54) is 11.1 Å². The number of nitro benzene ring substituents is 1. The summed E-state index contributed by atoms with van der Waals surface area (Å²) in [5.41, 5.74) is 5.98. The Morgan fingerprint density at radius 2 is 1.85 bits per heavy atom. The molecule has 0 bridgehead atoms. The number of fused-ring (bicyclic) bond motifs is 3. The number of nitro groups is 1. The molecule has 27 heavy (non-hydrogen) atoms. The van der Waals surface area contributed by atoms with Crippen LogP contribution < -0.4 is 5.32 Å². The van der Waals surface area contributed by atoms with E-state index in [9.17, 15) is 10.1 Å². The molecular formula is C23H26N2O2. The van der Waals surface area contributed by atoms with Gasteiger partial charge in [-0.3, -0.25) is 10.1 Å². The SMILES string of the molecule is Cc1cc([N+](=O)[O-])cc2c1N[C@H](c1ccc(C(C)(C)C)cc1)[C@@H]1CC=C[C@H]21. The third-order valence-electron chi connectivity index (χ3n) is 6.00. The first-order valence-corrected chi connectivity index (χ1v) is 9.58. The fourth-order valence-electron chi connectivity index (χ4n) is 4.49. The molecule has 1 aliphatic carbocycles. The minimum atomic E-state index is -0.293. The van der Waals surface area contributed by atoms with Gasteiger partial charge in [0.25, 0.3) is 5.69 Å².